The quantitative estimate of drug-likeness (QED) is 0.734. The van der Waals surface area contributed by atoms with E-state index in [0.717, 1.165) is 0 Å². The number of aromatic nitrogens is 4. The normalized spacial score (nSPS) is 10.2. The van der Waals surface area contributed by atoms with Crippen molar-refractivity contribution < 1.29 is 0 Å². The van der Waals surface area contributed by atoms with Crippen LogP contribution >= 0.6 is 11.6 Å². The third-order valence-corrected chi connectivity index (χ3v) is 1.65. The average Bonchev–Trinajstić information content (AvgIpc) is 2.53. The zero-order valence-electron chi connectivity index (χ0n) is 6.55. The minimum atomic E-state index is 0.351. The smallest absolute Gasteiger partial charge is 0.171 e. The first-order valence-electron chi connectivity index (χ1n) is 3.55. The Bertz CT molecular complexity index is 407. The van der Waals surface area contributed by atoms with Gasteiger partial charge in [-0.05, 0) is 0 Å². The third kappa shape index (κ3) is 1.59. The maximum absolute atomic E-state index is 5.58. The maximum atomic E-state index is 5.58. The summed E-state index contributed by atoms with van der Waals surface area (Å²) in [5.41, 5.74) is 5.44. The van der Waals surface area contributed by atoms with Crippen molar-refractivity contribution in [1.82, 2.24) is 19.7 Å². The first-order chi connectivity index (χ1) is 6.25. The van der Waals surface area contributed by atoms with E-state index in [0.29, 0.717) is 16.8 Å². The molecule has 0 aliphatic heterocycles. The molecule has 0 radical (unpaired) electrons. The van der Waals surface area contributed by atoms with Crippen molar-refractivity contribution in [2.75, 3.05) is 5.73 Å². The molecule has 2 aromatic heterocycles. The van der Waals surface area contributed by atoms with Gasteiger partial charge >= 0.3 is 0 Å². The summed E-state index contributed by atoms with van der Waals surface area (Å²) < 4.78 is 1.53. The number of nitrogen functional groups attached to an aromatic ring is 1. The van der Waals surface area contributed by atoms with Gasteiger partial charge in [0.1, 0.15) is 11.0 Å². The molecule has 13 heavy (non-hydrogen) atoms. The molecule has 0 unspecified atom stereocenters. The number of nitrogens with two attached hydrogens (primary N) is 1. The summed E-state index contributed by atoms with van der Waals surface area (Å²) in [6.07, 6.45) is 4.68. The second kappa shape index (κ2) is 3.02. The van der Waals surface area contributed by atoms with Gasteiger partial charge in [0.05, 0.1) is 12.4 Å². The van der Waals surface area contributed by atoms with Crippen molar-refractivity contribution in [3.8, 4) is 5.82 Å². The molecule has 0 bridgehead atoms. The Morgan fingerprint density at radius 1 is 1.31 bits per heavy atom. The Hall–Kier alpha value is -1.62. The molecule has 0 fully saturated rings. The molecule has 5 nitrogen and oxygen atoms in total. The van der Waals surface area contributed by atoms with Gasteiger partial charge in [0.15, 0.2) is 5.82 Å². The summed E-state index contributed by atoms with van der Waals surface area (Å²) in [7, 11) is 0. The molecule has 2 heterocycles. The Morgan fingerprint density at radius 3 is 2.69 bits per heavy atom. The molecule has 0 saturated carbocycles. The minimum Gasteiger partial charge on any atom is -0.382 e. The standard InChI is InChI=1S/C7H6ClN5/c8-5-3-11-7(4-10-5)13-2-1-6(9)12-13/h1-4H,(H2,9,12). The fourth-order valence-corrected chi connectivity index (χ4v) is 0.987. The number of hydrogen-bond donors (Lipinski definition) is 1. The number of nitrogens with zero attached hydrogens (tertiary/aromatic N) is 4. The number of hydrogen-bond acceptors (Lipinski definition) is 4. The predicted octanol–water partition coefficient (Wildman–Crippen LogP) is 0.898. The Kier molecular flexibility index (Phi) is 1.86. The van der Waals surface area contributed by atoms with Crippen molar-refractivity contribution >= 4 is 17.4 Å². The van der Waals surface area contributed by atoms with E-state index in [9.17, 15) is 0 Å². The van der Waals surface area contributed by atoms with Crippen LogP contribution in [0.5, 0.6) is 0 Å². The van der Waals surface area contributed by atoms with Crippen molar-refractivity contribution in [2.24, 2.45) is 0 Å². The number of rotatable bonds is 1. The van der Waals surface area contributed by atoms with Gasteiger partial charge in [0.25, 0.3) is 0 Å². The van der Waals surface area contributed by atoms with Gasteiger partial charge < -0.3 is 5.73 Å². The van der Waals surface area contributed by atoms with E-state index in [1.165, 1.54) is 17.1 Å². The van der Waals surface area contributed by atoms with Gasteiger partial charge in [-0.3, -0.25) is 0 Å². The van der Waals surface area contributed by atoms with Crippen LogP contribution < -0.4 is 5.73 Å². The monoisotopic (exact) mass is 195 g/mol. The average molecular weight is 196 g/mol. The fraction of sp³-hybridized carbons (Fsp3) is 0. The second-order valence-corrected chi connectivity index (χ2v) is 2.77. The predicted molar refractivity (Wildman–Crippen MR) is 48.6 cm³/mol. The zero-order valence-corrected chi connectivity index (χ0v) is 7.31. The molecular formula is C7H6ClN5. The van der Waals surface area contributed by atoms with Crippen LogP contribution in [0.25, 0.3) is 5.82 Å². The van der Waals surface area contributed by atoms with Crippen LogP contribution in [0.2, 0.25) is 5.15 Å². The van der Waals surface area contributed by atoms with Crippen LogP contribution in [-0.4, -0.2) is 19.7 Å². The highest BCUT2D eigenvalue weighted by Gasteiger charge is 1.99. The molecule has 0 aromatic carbocycles. The van der Waals surface area contributed by atoms with Crippen molar-refractivity contribution in [1.29, 1.82) is 0 Å². The van der Waals surface area contributed by atoms with E-state index in [4.69, 9.17) is 17.3 Å². The van der Waals surface area contributed by atoms with Crippen LogP contribution in [0, 0.1) is 0 Å². The van der Waals surface area contributed by atoms with Crippen molar-refractivity contribution in [3.63, 3.8) is 0 Å². The Labute approximate surface area is 79.2 Å². The molecule has 66 valence electrons. The van der Waals surface area contributed by atoms with Gasteiger partial charge in [-0.2, -0.15) is 0 Å². The van der Waals surface area contributed by atoms with Crippen LogP contribution in [-0.2, 0) is 0 Å². The van der Waals surface area contributed by atoms with Crippen LogP contribution in [0.4, 0.5) is 5.82 Å². The molecule has 0 amide bonds. The molecular weight excluding hydrogens is 190 g/mol. The minimum absolute atomic E-state index is 0.351. The van der Waals surface area contributed by atoms with Gasteiger partial charge in [0, 0.05) is 12.3 Å². The summed E-state index contributed by atoms with van der Waals surface area (Å²) in [5, 5.41) is 4.31. The summed E-state index contributed by atoms with van der Waals surface area (Å²) >= 11 is 5.58. The summed E-state index contributed by atoms with van der Waals surface area (Å²) in [6, 6.07) is 1.68. The van der Waals surface area contributed by atoms with Crippen LogP contribution in [0.15, 0.2) is 24.7 Å². The topological polar surface area (TPSA) is 69.6 Å². The Balaban J connectivity index is 2.41. The van der Waals surface area contributed by atoms with E-state index in [2.05, 4.69) is 15.1 Å². The number of anilines is 1. The molecule has 6 heteroatoms. The highest BCUT2D eigenvalue weighted by atomic mass is 35.5. The van der Waals surface area contributed by atoms with Crippen molar-refractivity contribution in [2.45, 2.75) is 0 Å². The van der Waals surface area contributed by atoms with Crippen LogP contribution in [0.1, 0.15) is 0 Å². The SMILES string of the molecule is Nc1ccn(-c2cnc(Cl)cn2)n1. The third-order valence-electron chi connectivity index (χ3n) is 1.45. The lowest BCUT2D eigenvalue weighted by molar-refractivity contribution is 0.842. The van der Waals surface area contributed by atoms with Gasteiger partial charge in [-0.25, -0.2) is 14.6 Å². The maximum Gasteiger partial charge on any atom is 0.171 e. The largest absolute Gasteiger partial charge is 0.382 e. The van der Waals surface area contributed by atoms with Crippen molar-refractivity contribution in [3.05, 3.63) is 29.8 Å². The second-order valence-electron chi connectivity index (χ2n) is 2.38. The van der Waals surface area contributed by atoms with Gasteiger partial charge in [-0.15, -0.1) is 5.10 Å². The number of halogens is 1. The van der Waals surface area contributed by atoms with E-state index >= 15 is 0 Å². The Morgan fingerprint density at radius 2 is 2.15 bits per heavy atom. The zero-order chi connectivity index (χ0) is 9.26. The molecule has 0 spiro atoms. The lowest BCUT2D eigenvalue weighted by Crippen LogP contribution is -1.99. The summed E-state index contributed by atoms with van der Waals surface area (Å²) in [6.45, 7) is 0. The lowest BCUT2D eigenvalue weighted by atomic mass is 10.6. The van der Waals surface area contributed by atoms with E-state index in [1.54, 1.807) is 12.3 Å². The van der Waals surface area contributed by atoms with Gasteiger partial charge in [-0.1, -0.05) is 11.6 Å². The molecule has 0 atom stereocenters. The van der Waals surface area contributed by atoms with Gasteiger partial charge in [0.2, 0.25) is 0 Å². The summed E-state index contributed by atoms with van der Waals surface area (Å²) in [5.74, 6) is 1.03. The molecule has 2 rings (SSSR count). The lowest BCUT2D eigenvalue weighted by Gasteiger charge is -1.97. The van der Waals surface area contributed by atoms with Crippen LogP contribution in [0.3, 0.4) is 0 Å². The highest BCUT2D eigenvalue weighted by molar-refractivity contribution is 6.29. The van der Waals surface area contributed by atoms with E-state index < -0.39 is 0 Å². The fourth-order valence-electron chi connectivity index (χ4n) is 0.889. The first-order valence-corrected chi connectivity index (χ1v) is 3.92. The first kappa shape index (κ1) is 8.00. The van der Waals surface area contributed by atoms with E-state index in [-0.39, 0.29) is 0 Å². The summed E-state index contributed by atoms with van der Waals surface area (Å²) in [4.78, 5) is 7.88. The molecule has 0 aliphatic rings. The molecule has 2 aromatic rings. The molecule has 0 saturated heterocycles. The van der Waals surface area contributed by atoms with E-state index in [1.807, 2.05) is 0 Å². The molecule has 0 aliphatic carbocycles. The molecule has 2 N–H and O–H groups in total. The highest BCUT2D eigenvalue weighted by Crippen LogP contribution is 2.06.